The smallest absolute Gasteiger partial charge is 0.264 e. The van der Waals surface area contributed by atoms with Crippen LogP contribution in [-0.4, -0.2) is 32.3 Å². The van der Waals surface area contributed by atoms with Crippen molar-refractivity contribution in [3.05, 3.63) is 52.2 Å². The van der Waals surface area contributed by atoms with Gasteiger partial charge < -0.3 is 10.1 Å². The molecule has 0 spiro atoms. The Balaban J connectivity index is 1.68. The number of benzene rings is 1. The number of carbonyl (C=O) groups is 1. The average molecular weight is 397 g/mol. The minimum Gasteiger partial charge on any atom is -0.497 e. The van der Waals surface area contributed by atoms with Crippen LogP contribution in [0.4, 0.5) is 0 Å². The lowest BCUT2D eigenvalue weighted by molar-refractivity contribution is -0.121. The first-order chi connectivity index (χ1) is 13.7. The fourth-order valence-electron chi connectivity index (χ4n) is 3.11. The van der Waals surface area contributed by atoms with Gasteiger partial charge in [0.1, 0.15) is 17.0 Å². The number of methoxy groups -OCH3 is 1. The summed E-state index contributed by atoms with van der Waals surface area (Å²) in [5.41, 5.74) is 1.09. The van der Waals surface area contributed by atoms with Crippen LogP contribution in [0.3, 0.4) is 0 Å². The molecule has 8 nitrogen and oxygen atoms in total. The Morgan fingerprint density at radius 3 is 2.52 bits per heavy atom. The summed E-state index contributed by atoms with van der Waals surface area (Å²) in [6.07, 6.45) is 1.74. The van der Waals surface area contributed by atoms with Crippen LogP contribution in [0.1, 0.15) is 38.6 Å². The molecule has 8 heteroatoms. The number of fused-ring (bicyclic) bond motifs is 1. The monoisotopic (exact) mass is 397 g/mol. The third-order valence-corrected chi connectivity index (χ3v) is 4.72. The number of nitrogens with zero attached hydrogens (tertiary/aromatic N) is 4. The molecule has 0 saturated heterocycles. The van der Waals surface area contributed by atoms with Crippen LogP contribution in [0.2, 0.25) is 0 Å². The molecule has 0 fully saturated rings. The number of carbonyl (C=O) groups excluding carboxylic acids is 1. The van der Waals surface area contributed by atoms with Crippen molar-refractivity contribution in [2.45, 2.75) is 52.7 Å². The molecule has 1 amide bonds. The molecule has 2 heterocycles. The lowest BCUT2D eigenvalue weighted by atomic mass is 10.1. The van der Waals surface area contributed by atoms with E-state index in [-0.39, 0.29) is 30.0 Å². The van der Waals surface area contributed by atoms with Crippen LogP contribution >= 0.6 is 0 Å². The quantitative estimate of drug-likeness (QED) is 0.690. The van der Waals surface area contributed by atoms with Crippen molar-refractivity contribution in [2.75, 3.05) is 7.11 Å². The van der Waals surface area contributed by atoms with Gasteiger partial charge in [-0.15, -0.1) is 0 Å². The molecule has 2 aromatic heterocycles. The summed E-state index contributed by atoms with van der Waals surface area (Å²) in [5, 5.41) is 7.67. The van der Waals surface area contributed by atoms with E-state index in [0.717, 1.165) is 11.3 Å². The molecule has 0 unspecified atom stereocenters. The normalized spacial score (nSPS) is 11.6. The van der Waals surface area contributed by atoms with E-state index in [1.54, 1.807) is 24.9 Å². The molecule has 0 atom stereocenters. The van der Waals surface area contributed by atoms with E-state index in [4.69, 9.17) is 4.74 Å². The fourth-order valence-corrected chi connectivity index (χ4v) is 3.11. The zero-order valence-corrected chi connectivity index (χ0v) is 17.5. The van der Waals surface area contributed by atoms with Gasteiger partial charge >= 0.3 is 0 Å². The van der Waals surface area contributed by atoms with Crippen LogP contribution in [-0.2, 0) is 23.4 Å². The number of hydrogen-bond donors (Lipinski definition) is 1. The highest BCUT2D eigenvalue weighted by atomic mass is 16.5. The maximum Gasteiger partial charge on any atom is 0.264 e. The van der Waals surface area contributed by atoms with Crippen molar-refractivity contribution in [1.82, 2.24) is 24.6 Å². The first kappa shape index (κ1) is 20.6. The minimum atomic E-state index is -0.277. The maximum atomic E-state index is 12.9. The first-order valence-electron chi connectivity index (χ1n) is 9.56. The van der Waals surface area contributed by atoms with Gasteiger partial charge in [0.05, 0.1) is 18.8 Å². The zero-order valence-electron chi connectivity index (χ0n) is 17.5. The SMILES string of the molecule is COc1ccc(CNC(=O)CCn2c(C)nc3c(cnn3C(C)(C)C)c2=O)cc1. The second-order valence-corrected chi connectivity index (χ2v) is 7.96. The number of aromatic nitrogens is 4. The van der Waals surface area contributed by atoms with Gasteiger partial charge in [0, 0.05) is 19.5 Å². The van der Waals surface area contributed by atoms with E-state index in [2.05, 4.69) is 15.4 Å². The van der Waals surface area contributed by atoms with Crippen LogP contribution in [0.5, 0.6) is 5.75 Å². The summed E-state index contributed by atoms with van der Waals surface area (Å²) in [6.45, 7) is 8.49. The number of rotatable bonds is 6. The molecule has 0 saturated carbocycles. The Labute approximate surface area is 169 Å². The van der Waals surface area contributed by atoms with Crippen molar-refractivity contribution >= 4 is 16.9 Å². The van der Waals surface area contributed by atoms with E-state index in [1.165, 1.54) is 4.57 Å². The molecule has 29 heavy (non-hydrogen) atoms. The summed E-state index contributed by atoms with van der Waals surface area (Å²) >= 11 is 0. The van der Waals surface area contributed by atoms with E-state index >= 15 is 0 Å². The van der Waals surface area contributed by atoms with Crippen LogP contribution in [0, 0.1) is 6.92 Å². The third-order valence-electron chi connectivity index (χ3n) is 4.72. The fraction of sp³-hybridized carbons (Fsp3) is 0.429. The van der Waals surface area contributed by atoms with Crippen LogP contribution in [0.15, 0.2) is 35.3 Å². The predicted molar refractivity (Wildman–Crippen MR) is 111 cm³/mol. The molecule has 0 aliphatic rings. The highest BCUT2D eigenvalue weighted by Crippen LogP contribution is 2.18. The lowest BCUT2D eigenvalue weighted by Crippen LogP contribution is -2.29. The van der Waals surface area contributed by atoms with E-state index in [9.17, 15) is 9.59 Å². The molecular weight excluding hydrogens is 370 g/mol. The molecule has 3 rings (SSSR count). The third kappa shape index (κ3) is 4.47. The maximum absolute atomic E-state index is 12.9. The van der Waals surface area contributed by atoms with E-state index < -0.39 is 0 Å². The minimum absolute atomic E-state index is 0.127. The van der Waals surface area contributed by atoms with Gasteiger partial charge in [-0.3, -0.25) is 14.2 Å². The van der Waals surface area contributed by atoms with Crippen LogP contribution in [0.25, 0.3) is 11.0 Å². The second kappa shape index (κ2) is 8.06. The first-order valence-corrected chi connectivity index (χ1v) is 9.56. The number of amides is 1. The van der Waals surface area contributed by atoms with Crippen molar-refractivity contribution in [3.63, 3.8) is 0 Å². The molecule has 3 aromatic rings. The Morgan fingerprint density at radius 1 is 1.21 bits per heavy atom. The summed E-state index contributed by atoms with van der Waals surface area (Å²) in [6, 6.07) is 7.50. The van der Waals surface area contributed by atoms with Gasteiger partial charge in [-0.1, -0.05) is 12.1 Å². The summed E-state index contributed by atoms with van der Waals surface area (Å²) in [5.74, 6) is 1.21. The molecule has 0 bridgehead atoms. The second-order valence-electron chi connectivity index (χ2n) is 7.96. The summed E-state index contributed by atoms with van der Waals surface area (Å²) in [4.78, 5) is 29.7. The topological polar surface area (TPSA) is 91.0 Å². The summed E-state index contributed by atoms with van der Waals surface area (Å²) in [7, 11) is 1.61. The molecule has 1 N–H and O–H groups in total. The molecule has 1 aromatic carbocycles. The Kier molecular flexibility index (Phi) is 5.72. The van der Waals surface area contributed by atoms with Gasteiger partial charge in [-0.25, -0.2) is 9.67 Å². The standard InChI is InChI=1S/C21H27N5O3/c1-14-24-19-17(13-23-26(19)21(2,3)4)20(28)25(14)11-10-18(27)22-12-15-6-8-16(29-5)9-7-15/h6-9,13H,10-12H2,1-5H3,(H,22,27). The Bertz CT molecular complexity index is 1070. The Hall–Kier alpha value is -3.16. The van der Waals surface area contributed by atoms with Crippen LogP contribution < -0.4 is 15.6 Å². The van der Waals surface area contributed by atoms with Gasteiger partial charge in [-0.05, 0) is 45.4 Å². The molecular formula is C21H27N5O3. The highest BCUT2D eigenvalue weighted by Gasteiger charge is 2.21. The van der Waals surface area contributed by atoms with E-state index in [0.29, 0.717) is 23.4 Å². The molecule has 0 radical (unpaired) electrons. The number of nitrogens with one attached hydrogen (secondary N) is 1. The van der Waals surface area contributed by atoms with E-state index in [1.807, 2.05) is 45.0 Å². The molecule has 154 valence electrons. The van der Waals surface area contributed by atoms with Crippen molar-refractivity contribution in [2.24, 2.45) is 0 Å². The molecule has 0 aliphatic carbocycles. The zero-order chi connectivity index (χ0) is 21.2. The highest BCUT2D eigenvalue weighted by molar-refractivity contribution is 5.76. The Morgan fingerprint density at radius 2 is 1.90 bits per heavy atom. The van der Waals surface area contributed by atoms with Gasteiger partial charge in [0.15, 0.2) is 5.65 Å². The van der Waals surface area contributed by atoms with Crippen molar-refractivity contribution in [3.8, 4) is 5.75 Å². The number of aryl methyl sites for hydroxylation is 1. The largest absolute Gasteiger partial charge is 0.497 e. The number of ether oxygens (including phenoxy) is 1. The molecule has 0 aliphatic heterocycles. The van der Waals surface area contributed by atoms with Crippen molar-refractivity contribution in [1.29, 1.82) is 0 Å². The average Bonchev–Trinajstić information content (AvgIpc) is 3.11. The van der Waals surface area contributed by atoms with Gasteiger partial charge in [0.2, 0.25) is 5.91 Å². The van der Waals surface area contributed by atoms with Gasteiger partial charge in [0.25, 0.3) is 5.56 Å². The predicted octanol–water partition coefficient (Wildman–Crippen LogP) is 2.37. The lowest BCUT2D eigenvalue weighted by Gasteiger charge is -2.20. The summed E-state index contributed by atoms with van der Waals surface area (Å²) < 4.78 is 8.41. The number of hydrogen-bond acceptors (Lipinski definition) is 5. The van der Waals surface area contributed by atoms with Crippen molar-refractivity contribution < 1.29 is 9.53 Å². The van der Waals surface area contributed by atoms with Gasteiger partial charge in [-0.2, -0.15) is 5.10 Å².